The number of thiophene rings is 1. The summed E-state index contributed by atoms with van der Waals surface area (Å²) in [7, 11) is 1.63. The Hall–Kier alpha value is -2.97. The van der Waals surface area contributed by atoms with Gasteiger partial charge < -0.3 is 10.1 Å². The standard InChI is InChI=1S/C20H15BrN4O2S/c1-27-17-8-6-16(7-9-17)25-11-18(23-24-25)13-2-4-15(5-3-13)22-20(26)19-10-14(21)12-28-19/h2-12H,1H3,(H,22,26). The molecule has 0 bridgehead atoms. The molecule has 2 aromatic carbocycles. The maximum absolute atomic E-state index is 12.2. The summed E-state index contributed by atoms with van der Waals surface area (Å²) in [5.41, 5.74) is 3.28. The summed E-state index contributed by atoms with van der Waals surface area (Å²) in [6, 6.07) is 16.9. The SMILES string of the molecule is COc1ccc(-n2cc(-c3ccc(NC(=O)c4cc(Br)cs4)cc3)nn2)cc1. The lowest BCUT2D eigenvalue weighted by Gasteiger charge is -2.04. The van der Waals surface area contributed by atoms with Gasteiger partial charge in [-0.3, -0.25) is 4.79 Å². The smallest absolute Gasteiger partial charge is 0.265 e. The lowest BCUT2D eigenvalue weighted by Crippen LogP contribution is -2.09. The van der Waals surface area contributed by atoms with Crippen molar-refractivity contribution in [3.8, 4) is 22.7 Å². The van der Waals surface area contributed by atoms with Crippen molar-refractivity contribution in [2.24, 2.45) is 0 Å². The van der Waals surface area contributed by atoms with E-state index in [0.29, 0.717) is 4.88 Å². The average molecular weight is 455 g/mol. The molecule has 0 aliphatic rings. The van der Waals surface area contributed by atoms with Crippen LogP contribution in [0, 0.1) is 0 Å². The van der Waals surface area contributed by atoms with E-state index in [1.807, 2.05) is 60.1 Å². The van der Waals surface area contributed by atoms with E-state index in [9.17, 15) is 4.79 Å². The van der Waals surface area contributed by atoms with E-state index < -0.39 is 0 Å². The molecule has 0 fully saturated rings. The number of nitrogens with zero attached hydrogens (tertiary/aromatic N) is 3. The van der Waals surface area contributed by atoms with Gasteiger partial charge in [0.1, 0.15) is 11.4 Å². The maximum atomic E-state index is 12.2. The van der Waals surface area contributed by atoms with Crippen molar-refractivity contribution in [3.05, 3.63) is 75.5 Å². The van der Waals surface area contributed by atoms with E-state index in [1.54, 1.807) is 17.9 Å². The van der Waals surface area contributed by atoms with Gasteiger partial charge in [-0.15, -0.1) is 16.4 Å². The minimum atomic E-state index is -0.131. The Morgan fingerprint density at radius 3 is 2.54 bits per heavy atom. The van der Waals surface area contributed by atoms with Crippen molar-refractivity contribution in [1.82, 2.24) is 15.0 Å². The van der Waals surface area contributed by atoms with Gasteiger partial charge in [0.15, 0.2) is 0 Å². The number of benzene rings is 2. The predicted octanol–water partition coefficient (Wildman–Crippen LogP) is 5.02. The molecule has 0 radical (unpaired) electrons. The van der Waals surface area contributed by atoms with Crippen LogP contribution in [0.4, 0.5) is 5.69 Å². The van der Waals surface area contributed by atoms with Gasteiger partial charge in [0.05, 0.1) is 23.9 Å². The van der Waals surface area contributed by atoms with Crippen LogP contribution in [0.3, 0.4) is 0 Å². The Labute approximate surface area is 173 Å². The van der Waals surface area contributed by atoms with Crippen molar-refractivity contribution in [2.45, 2.75) is 0 Å². The van der Waals surface area contributed by atoms with Gasteiger partial charge in [0.2, 0.25) is 0 Å². The molecule has 28 heavy (non-hydrogen) atoms. The van der Waals surface area contributed by atoms with Gasteiger partial charge in [-0.2, -0.15) is 0 Å². The molecule has 0 aliphatic carbocycles. The third kappa shape index (κ3) is 3.97. The van der Waals surface area contributed by atoms with Crippen LogP contribution in [-0.4, -0.2) is 28.0 Å². The van der Waals surface area contributed by atoms with Crippen molar-refractivity contribution >= 4 is 38.9 Å². The van der Waals surface area contributed by atoms with Crippen molar-refractivity contribution in [1.29, 1.82) is 0 Å². The highest BCUT2D eigenvalue weighted by Crippen LogP contribution is 2.23. The first-order valence-corrected chi connectivity index (χ1v) is 10.0. The van der Waals surface area contributed by atoms with Gasteiger partial charge in [-0.25, -0.2) is 4.68 Å². The van der Waals surface area contributed by atoms with Crippen LogP contribution in [0.15, 0.2) is 70.6 Å². The number of carbonyl (C=O) groups is 1. The fraction of sp³-hybridized carbons (Fsp3) is 0.0500. The van der Waals surface area contributed by atoms with Gasteiger partial charge in [-0.05, 0) is 58.4 Å². The molecule has 0 saturated heterocycles. The number of halogens is 1. The predicted molar refractivity (Wildman–Crippen MR) is 113 cm³/mol. The Morgan fingerprint density at radius 2 is 1.89 bits per heavy atom. The zero-order valence-electron chi connectivity index (χ0n) is 14.8. The largest absolute Gasteiger partial charge is 0.497 e. The Morgan fingerprint density at radius 1 is 1.14 bits per heavy atom. The average Bonchev–Trinajstić information content (AvgIpc) is 3.38. The lowest BCUT2D eigenvalue weighted by atomic mass is 10.1. The number of methoxy groups -OCH3 is 1. The number of carbonyl (C=O) groups excluding carboxylic acids is 1. The molecule has 0 saturated carbocycles. The number of hydrogen-bond acceptors (Lipinski definition) is 5. The second-order valence-electron chi connectivity index (χ2n) is 5.91. The minimum absolute atomic E-state index is 0.131. The third-order valence-electron chi connectivity index (χ3n) is 4.06. The monoisotopic (exact) mass is 454 g/mol. The van der Waals surface area contributed by atoms with Crippen LogP contribution in [0.25, 0.3) is 16.9 Å². The number of rotatable bonds is 5. The number of amides is 1. The first-order chi connectivity index (χ1) is 13.6. The highest BCUT2D eigenvalue weighted by Gasteiger charge is 2.10. The maximum Gasteiger partial charge on any atom is 0.265 e. The van der Waals surface area contributed by atoms with Crippen molar-refractivity contribution < 1.29 is 9.53 Å². The van der Waals surface area contributed by atoms with Crippen LogP contribution in [0.2, 0.25) is 0 Å². The van der Waals surface area contributed by atoms with Crippen LogP contribution < -0.4 is 10.1 Å². The van der Waals surface area contributed by atoms with Gasteiger partial charge in [-0.1, -0.05) is 17.3 Å². The Balaban J connectivity index is 1.48. The van der Waals surface area contributed by atoms with E-state index in [2.05, 4.69) is 31.6 Å². The Kier molecular flexibility index (Phi) is 5.23. The first-order valence-electron chi connectivity index (χ1n) is 8.35. The molecule has 1 N–H and O–H groups in total. The van der Waals surface area contributed by atoms with Gasteiger partial charge in [0.25, 0.3) is 5.91 Å². The lowest BCUT2D eigenvalue weighted by molar-refractivity contribution is 0.103. The number of hydrogen-bond donors (Lipinski definition) is 1. The topological polar surface area (TPSA) is 69.0 Å². The summed E-state index contributed by atoms with van der Waals surface area (Å²) in [5.74, 6) is 0.658. The fourth-order valence-electron chi connectivity index (χ4n) is 2.61. The summed E-state index contributed by atoms with van der Waals surface area (Å²) in [4.78, 5) is 12.9. The minimum Gasteiger partial charge on any atom is -0.497 e. The molecular formula is C20H15BrN4O2S. The van der Waals surface area contributed by atoms with E-state index in [0.717, 1.165) is 32.9 Å². The highest BCUT2D eigenvalue weighted by molar-refractivity contribution is 9.10. The zero-order chi connectivity index (χ0) is 19.5. The van der Waals surface area contributed by atoms with Crippen LogP contribution in [-0.2, 0) is 0 Å². The molecule has 6 nitrogen and oxygen atoms in total. The second kappa shape index (κ2) is 7.95. The normalized spacial score (nSPS) is 10.6. The zero-order valence-corrected chi connectivity index (χ0v) is 17.2. The van der Waals surface area contributed by atoms with E-state index in [1.165, 1.54) is 11.3 Å². The number of anilines is 1. The summed E-state index contributed by atoms with van der Waals surface area (Å²) in [6.07, 6.45) is 1.86. The molecule has 140 valence electrons. The molecule has 4 aromatic rings. The molecule has 2 aromatic heterocycles. The summed E-state index contributed by atoms with van der Waals surface area (Å²) < 4.78 is 7.78. The van der Waals surface area contributed by atoms with Gasteiger partial charge >= 0.3 is 0 Å². The number of ether oxygens (including phenoxy) is 1. The molecule has 0 spiro atoms. The van der Waals surface area contributed by atoms with Crippen LogP contribution in [0.5, 0.6) is 5.75 Å². The molecule has 1 amide bonds. The molecule has 8 heteroatoms. The molecule has 0 aliphatic heterocycles. The van der Waals surface area contributed by atoms with Crippen molar-refractivity contribution in [3.63, 3.8) is 0 Å². The fourth-order valence-corrected chi connectivity index (χ4v) is 3.93. The third-order valence-corrected chi connectivity index (χ3v) is 5.75. The van der Waals surface area contributed by atoms with E-state index in [-0.39, 0.29) is 5.91 Å². The quantitative estimate of drug-likeness (QED) is 0.459. The van der Waals surface area contributed by atoms with E-state index >= 15 is 0 Å². The number of nitrogens with one attached hydrogen (secondary N) is 1. The summed E-state index contributed by atoms with van der Waals surface area (Å²) >= 11 is 4.75. The highest BCUT2D eigenvalue weighted by atomic mass is 79.9. The molecule has 0 atom stereocenters. The number of aromatic nitrogens is 3. The Bertz CT molecular complexity index is 1100. The summed E-state index contributed by atoms with van der Waals surface area (Å²) in [5, 5.41) is 13.2. The molecule has 0 unspecified atom stereocenters. The molecular weight excluding hydrogens is 440 g/mol. The van der Waals surface area contributed by atoms with Crippen LogP contribution in [0.1, 0.15) is 9.67 Å². The molecule has 4 rings (SSSR count). The van der Waals surface area contributed by atoms with Gasteiger partial charge in [0, 0.05) is 21.1 Å². The summed E-state index contributed by atoms with van der Waals surface area (Å²) in [6.45, 7) is 0. The van der Waals surface area contributed by atoms with E-state index in [4.69, 9.17) is 4.74 Å². The van der Waals surface area contributed by atoms with Crippen LogP contribution >= 0.6 is 27.3 Å². The first kappa shape index (κ1) is 18.4. The van der Waals surface area contributed by atoms with Crippen molar-refractivity contribution in [2.75, 3.05) is 12.4 Å². The molecule has 2 heterocycles. The second-order valence-corrected chi connectivity index (χ2v) is 7.73.